The number of aromatic nitrogens is 3. The Labute approximate surface area is 115 Å². The van der Waals surface area contributed by atoms with Gasteiger partial charge in [-0.2, -0.15) is 0 Å². The topological polar surface area (TPSA) is 58.6 Å². The van der Waals surface area contributed by atoms with Crippen molar-refractivity contribution in [3.63, 3.8) is 0 Å². The van der Waals surface area contributed by atoms with E-state index in [1.165, 1.54) is 0 Å². The van der Waals surface area contributed by atoms with Crippen molar-refractivity contribution in [2.75, 3.05) is 0 Å². The van der Waals surface area contributed by atoms with E-state index in [9.17, 15) is 4.79 Å². The van der Waals surface area contributed by atoms with Crippen molar-refractivity contribution in [1.82, 2.24) is 15.0 Å². The van der Waals surface area contributed by atoms with Crippen LogP contribution < -0.4 is 5.56 Å². The number of nitrogens with zero attached hydrogens (tertiary/aromatic N) is 2. The van der Waals surface area contributed by atoms with E-state index in [-0.39, 0.29) is 5.56 Å². The first kappa shape index (κ1) is 11.3. The number of nitrogens with one attached hydrogen (secondary N) is 1. The number of rotatable bonds is 2. The number of fused-ring (bicyclic) bond motifs is 1. The fourth-order valence-electron chi connectivity index (χ4n) is 2.42. The molecular weight excluding hydrogens is 250 g/mol. The fraction of sp³-hybridized carbons (Fsp3) is 0.188. The molecule has 1 fully saturated rings. The van der Waals surface area contributed by atoms with Crippen LogP contribution in [0.15, 0.2) is 47.4 Å². The van der Waals surface area contributed by atoms with Gasteiger partial charge in [-0.25, -0.2) is 4.98 Å². The largest absolute Gasteiger partial charge is 0.307 e. The van der Waals surface area contributed by atoms with E-state index in [4.69, 9.17) is 0 Å². The Balaban J connectivity index is 1.87. The summed E-state index contributed by atoms with van der Waals surface area (Å²) in [7, 11) is 0. The average Bonchev–Trinajstić information content (AvgIpc) is 3.31. The quantitative estimate of drug-likeness (QED) is 0.773. The number of hydrogen-bond acceptors (Lipinski definition) is 3. The third-order valence-electron chi connectivity index (χ3n) is 3.63. The standard InChI is InChI=1S/C16H13N3O/c20-15-9-14(10-3-4-10)18-16(19-15)12-5-6-13-11(8-12)2-1-7-17-13/h1-2,5-10H,3-4H2,(H,18,19,20). The number of aromatic amines is 1. The molecule has 1 aliphatic carbocycles. The zero-order valence-corrected chi connectivity index (χ0v) is 10.8. The normalized spacial score (nSPS) is 14.6. The highest BCUT2D eigenvalue weighted by Gasteiger charge is 2.25. The van der Waals surface area contributed by atoms with Crippen LogP contribution in [-0.2, 0) is 0 Å². The van der Waals surface area contributed by atoms with Crippen LogP contribution in [0.4, 0.5) is 0 Å². The Kier molecular flexibility index (Phi) is 2.42. The molecule has 1 aromatic carbocycles. The highest BCUT2D eigenvalue weighted by molar-refractivity contribution is 5.83. The zero-order chi connectivity index (χ0) is 13.5. The molecule has 0 amide bonds. The van der Waals surface area contributed by atoms with Gasteiger partial charge in [-0.05, 0) is 37.1 Å². The molecule has 98 valence electrons. The summed E-state index contributed by atoms with van der Waals surface area (Å²) in [5, 5.41) is 1.05. The molecule has 4 heteroatoms. The molecule has 0 atom stereocenters. The highest BCUT2D eigenvalue weighted by Crippen LogP contribution is 2.38. The minimum atomic E-state index is -0.0804. The summed E-state index contributed by atoms with van der Waals surface area (Å²) in [6.45, 7) is 0. The van der Waals surface area contributed by atoms with Crippen LogP contribution in [0.3, 0.4) is 0 Å². The van der Waals surface area contributed by atoms with Gasteiger partial charge in [-0.1, -0.05) is 6.07 Å². The predicted molar refractivity (Wildman–Crippen MR) is 77.6 cm³/mol. The van der Waals surface area contributed by atoms with Gasteiger partial charge in [0.1, 0.15) is 5.82 Å². The van der Waals surface area contributed by atoms with Crippen LogP contribution in [-0.4, -0.2) is 15.0 Å². The maximum atomic E-state index is 11.8. The number of H-pyrrole nitrogens is 1. The van der Waals surface area contributed by atoms with Crippen molar-refractivity contribution in [3.8, 4) is 11.4 Å². The van der Waals surface area contributed by atoms with Gasteiger partial charge in [-0.3, -0.25) is 9.78 Å². The highest BCUT2D eigenvalue weighted by atomic mass is 16.1. The van der Waals surface area contributed by atoms with Crippen molar-refractivity contribution in [3.05, 3.63) is 58.6 Å². The molecule has 0 saturated heterocycles. The van der Waals surface area contributed by atoms with Gasteiger partial charge in [0, 0.05) is 29.1 Å². The molecule has 4 rings (SSSR count). The van der Waals surface area contributed by atoms with E-state index in [2.05, 4.69) is 15.0 Å². The molecular formula is C16H13N3O. The summed E-state index contributed by atoms with van der Waals surface area (Å²) < 4.78 is 0. The molecule has 2 heterocycles. The van der Waals surface area contributed by atoms with E-state index in [1.807, 2.05) is 30.3 Å². The Morgan fingerprint density at radius 3 is 2.90 bits per heavy atom. The van der Waals surface area contributed by atoms with E-state index < -0.39 is 0 Å². The average molecular weight is 263 g/mol. The number of pyridine rings is 1. The van der Waals surface area contributed by atoms with E-state index in [0.29, 0.717) is 11.7 Å². The Bertz CT molecular complexity index is 849. The monoisotopic (exact) mass is 263 g/mol. The van der Waals surface area contributed by atoms with Crippen LogP contribution in [0.1, 0.15) is 24.5 Å². The first-order valence-corrected chi connectivity index (χ1v) is 6.76. The van der Waals surface area contributed by atoms with E-state index in [0.717, 1.165) is 35.0 Å². The molecule has 1 saturated carbocycles. The SMILES string of the molecule is O=c1cc(C2CC2)nc(-c2ccc3ncccc3c2)[nH]1. The number of benzene rings is 1. The Hall–Kier alpha value is -2.49. The van der Waals surface area contributed by atoms with E-state index >= 15 is 0 Å². The Morgan fingerprint density at radius 2 is 2.05 bits per heavy atom. The second-order valence-electron chi connectivity index (χ2n) is 5.20. The molecule has 0 spiro atoms. The van der Waals surface area contributed by atoms with Crippen LogP contribution in [0.2, 0.25) is 0 Å². The van der Waals surface area contributed by atoms with Crippen molar-refractivity contribution in [2.45, 2.75) is 18.8 Å². The maximum Gasteiger partial charge on any atom is 0.251 e. The molecule has 1 aliphatic rings. The summed E-state index contributed by atoms with van der Waals surface area (Å²) in [6.07, 6.45) is 4.05. The summed E-state index contributed by atoms with van der Waals surface area (Å²) in [6, 6.07) is 11.4. The maximum absolute atomic E-state index is 11.8. The van der Waals surface area contributed by atoms with Crippen molar-refractivity contribution in [1.29, 1.82) is 0 Å². The van der Waals surface area contributed by atoms with Gasteiger partial charge in [0.15, 0.2) is 0 Å². The molecule has 4 nitrogen and oxygen atoms in total. The van der Waals surface area contributed by atoms with Crippen molar-refractivity contribution < 1.29 is 0 Å². The van der Waals surface area contributed by atoms with Gasteiger partial charge in [0.05, 0.1) is 11.2 Å². The van der Waals surface area contributed by atoms with Gasteiger partial charge in [0.2, 0.25) is 0 Å². The summed E-state index contributed by atoms with van der Waals surface area (Å²) in [5.41, 5.74) is 2.69. The zero-order valence-electron chi connectivity index (χ0n) is 10.8. The first-order valence-electron chi connectivity index (χ1n) is 6.76. The van der Waals surface area contributed by atoms with Crippen molar-refractivity contribution in [2.24, 2.45) is 0 Å². The lowest BCUT2D eigenvalue weighted by atomic mass is 10.1. The summed E-state index contributed by atoms with van der Waals surface area (Å²) >= 11 is 0. The lowest BCUT2D eigenvalue weighted by Crippen LogP contribution is -2.09. The van der Waals surface area contributed by atoms with Gasteiger partial charge in [0.25, 0.3) is 5.56 Å². The van der Waals surface area contributed by atoms with Crippen LogP contribution in [0.25, 0.3) is 22.3 Å². The van der Waals surface area contributed by atoms with Gasteiger partial charge < -0.3 is 4.98 Å². The minimum absolute atomic E-state index is 0.0804. The third kappa shape index (κ3) is 1.99. The smallest absolute Gasteiger partial charge is 0.251 e. The molecule has 0 radical (unpaired) electrons. The molecule has 0 bridgehead atoms. The fourth-order valence-corrected chi connectivity index (χ4v) is 2.42. The molecule has 2 aromatic heterocycles. The van der Waals surface area contributed by atoms with Crippen molar-refractivity contribution >= 4 is 10.9 Å². The molecule has 0 unspecified atom stereocenters. The lowest BCUT2D eigenvalue weighted by molar-refractivity contribution is 0.977. The van der Waals surface area contributed by atoms with Gasteiger partial charge in [-0.15, -0.1) is 0 Å². The summed E-state index contributed by atoms with van der Waals surface area (Å²) in [5.74, 6) is 1.11. The first-order chi connectivity index (χ1) is 9.79. The Morgan fingerprint density at radius 1 is 1.15 bits per heavy atom. The second kappa shape index (κ2) is 4.27. The van der Waals surface area contributed by atoms with E-state index in [1.54, 1.807) is 12.3 Å². The van der Waals surface area contributed by atoms with Crippen LogP contribution in [0, 0.1) is 0 Å². The molecule has 20 heavy (non-hydrogen) atoms. The van der Waals surface area contributed by atoms with Crippen LogP contribution in [0.5, 0.6) is 0 Å². The third-order valence-corrected chi connectivity index (χ3v) is 3.63. The molecule has 0 aliphatic heterocycles. The molecule has 1 N–H and O–H groups in total. The van der Waals surface area contributed by atoms with Crippen LogP contribution >= 0.6 is 0 Å². The summed E-state index contributed by atoms with van der Waals surface area (Å²) in [4.78, 5) is 23.5. The lowest BCUT2D eigenvalue weighted by Gasteiger charge is -2.05. The predicted octanol–water partition coefficient (Wildman–Crippen LogP) is 2.86. The molecule has 3 aromatic rings. The van der Waals surface area contributed by atoms with Gasteiger partial charge >= 0.3 is 0 Å². The minimum Gasteiger partial charge on any atom is -0.307 e. The second-order valence-corrected chi connectivity index (χ2v) is 5.20. The number of hydrogen-bond donors (Lipinski definition) is 1.